The standard InChI is InChI=1S/C17H18N4O2/c1-21-17(23-2)14-4-3-13(11-15(14)20-21)16(22)19-10-7-12-5-8-18-9-6-12/h3-6,8-9,11H,7,10H2,1-2H3,(H,19,22). The molecule has 0 saturated heterocycles. The van der Waals surface area contributed by atoms with Gasteiger partial charge in [0.05, 0.1) is 18.0 Å². The van der Waals surface area contributed by atoms with Crippen LogP contribution in [0.2, 0.25) is 0 Å². The summed E-state index contributed by atoms with van der Waals surface area (Å²) in [6.07, 6.45) is 4.27. The maximum atomic E-state index is 12.3. The molecule has 1 aromatic carbocycles. The third-order valence-corrected chi connectivity index (χ3v) is 3.68. The van der Waals surface area contributed by atoms with Crippen LogP contribution < -0.4 is 10.1 Å². The highest BCUT2D eigenvalue weighted by Crippen LogP contribution is 2.25. The molecule has 0 atom stereocenters. The van der Waals surface area contributed by atoms with Crippen molar-refractivity contribution in [1.82, 2.24) is 20.1 Å². The number of aromatic nitrogens is 3. The first kappa shape index (κ1) is 15.0. The lowest BCUT2D eigenvalue weighted by molar-refractivity contribution is 0.0954. The second kappa shape index (κ2) is 6.48. The number of aryl methyl sites for hydroxylation is 1. The SMILES string of the molecule is COc1c2ccc(C(=O)NCCc3ccncc3)cc2nn1C. The van der Waals surface area contributed by atoms with Crippen LogP contribution >= 0.6 is 0 Å². The van der Waals surface area contributed by atoms with Crippen molar-refractivity contribution in [2.24, 2.45) is 7.05 Å². The van der Waals surface area contributed by atoms with Gasteiger partial charge in [-0.3, -0.25) is 9.78 Å². The normalized spacial score (nSPS) is 10.7. The van der Waals surface area contributed by atoms with Crippen LogP contribution in [-0.4, -0.2) is 34.3 Å². The van der Waals surface area contributed by atoms with Gasteiger partial charge in [0, 0.05) is 31.5 Å². The average Bonchev–Trinajstić information content (AvgIpc) is 2.89. The lowest BCUT2D eigenvalue weighted by Gasteiger charge is -2.05. The summed E-state index contributed by atoms with van der Waals surface area (Å²) in [6, 6.07) is 9.31. The third kappa shape index (κ3) is 3.15. The fraction of sp³-hybridized carbons (Fsp3) is 0.235. The molecule has 1 N–H and O–H groups in total. The number of hydrogen-bond acceptors (Lipinski definition) is 4. The first-order chi connectivity index (χ1) is 11.2. The summed E-state index contributed by atoms with van der Waals surface area (Å²) in [5.74, 6) is 0.579. The lowest BCUT2D eigenvalue weighted by atomic mass is 10.1. The number of amides is 1. The Morgan fingerprint density at radius 1 is 1.26 bits per heavy atom. The number of hydrogen-bond donors (Lipinski definition) is 1. The number of pyridine rings is 1. The predicted molar refractivity (Wildman–Crippen MR) is 87.5 cm³/mol. The van der Waals surface area contributed by atoms with Gasteiger partial charge in [0.25, 0.3) is 5.91 Å². The topological polar surface area (TPSA) is 69.0 Å². The molecule has 2 heterocycles. The van der Waals surface area contributed by atoms with E-state index >= 15 is 0 Å². The van der Waals surface area contributed by atoms with Crippen LogP contribution in [0.1, 0.15) is 15.9 Å². The van der Waals surface area contributed by atoms with Gasteiger partial charge in [-0.25, -0.2) is 4.68 Å². The van der Waals surface area contributed by atoms with E-state index < -0.39 is 0 Å². The number of carbonyl (C=O) groups excluding carboxylic acids is 1. The molecular weight excluding hydrogens is 292 g/mol. The fourth-order valence-electron chi connectivity index (χ4n) is 2.53. The Morgan fingerprint density at radius 3 is 2.78 bits per heavy atom. The second-order valence-corrected chi connectivity index (χ2v) is 5.23. The van der Waals surface area contributed by atoms with Crippen LogP contribution in [0.15, 0.2) is 42.7 Å². The average molecular weight is 310 g/mol. The van der Waals surface area contributed by atoms with Crippen molar-refractivity contribution in [2.45, 2.75) is 6.42 Å². The molecule has 0 spiro atoms. The van der Waals surface area contributed by atoms with Crippen LogP contribution in [0, 0.1) is 0 Å². The molecule has 0 fully saturated rings. The highest BCUT2D eigenvalue weighted by atomic mass is 16.5. The molecule has 0 aliphatic heterocycles. The van der Waals surface area contributed by atoms with E-state index in [0.717, 1.165) is 22.9 Å². The van der Waals surface area contributed by atoms with E-state index in [2.05, 4.69) is 15.4 Å². The van der Waals surface area contributed by atoms with E-state index in [4.69, 9.17) is 4.74 Å². The van der Waals surface area contributed by atoms with Gasteiger partial charge in [0.15, 0.2) is 0 Å². The minimum Gasteiger partial charge on any atom is -0.481 e. The summed E-state index contributed by atoms with van der Waals surface area (Å²) in [5.41, 5.74) is 2.48. The molecule has 0 aliphatic carbocycles. The summed E-state index contributed by atoms with van der Waals surface area (Å²) >= 11 is 0. The predicted octanol–water partition coefficient (Wildman–Crippen LogP) is 1.95. The number of ether oxygens (including phenoxy) is 1. The van der Waals surface area contributed by atoms with Crippen molar-refractivity contribution < 1.29 is 9.53 Å². The largest absolute Gasteiger partial charge is 0.481 e. The van der Waals surface area contributed by atoms with Crippen molar-refractivity contribution in [3.63, 3.8) is 0 Å². The molecule has 6 heteroatoms. The van der Waals surface area contributed by atoms with E-state index in [-0.39, 0.29) is 5.91 Å². The molecule has 2 aromatic heterocycles. The monoisotopic (exact) mass is 310 g/mol. The van der Waals surface area contributed by atoms with Crippen molar-refractivity contribution in [3.05, 3.63) is 53.9 Å². The Hall–Kier alpha value is -2.89. The van der Waals surface area contributed by atoms with E-state index in [9.17, 15) is 4.79 Å². The van der Waals surface area contributed by atoms with Crippen molar-refractivity contribution in [2.75, 3.05) is 13.7 Å². The molecule has 0 aliphatic rings. The molecule has 1 amide bonds. The fourth-order valence-corrected chi connectivity index (χ4v) is 2.53. The van der Waals surface area contributed by atoms with Gasteiger partial charge in [0.1, 0.15) is 0 Å². The number of nitrogens with zero attached hydrogens (tertiary/aromatic N) is 3. The van der Waals surface area contributed by atoms with Crippen molar-refractivity contribution in [3.8, 4) is 5.88 Å². The second-order valence-electron chi connectivity index (χ2n) is 5.23. The number of nitrogens with one attached hydrogen (secondary N) is 1. The number of rotatable bonds is 5. The zero-order valence-electron chi connectivity index (χ0n) is 13.1. The van der Waals surface area contributed by atoms with Gasteiger partial charge >= 0.3 is 0 Å². The van der Waals surface area contributed by atoms with E-state index in [1.54, 1.807) is 36.3 Å². The molecule has 0 bridgehead atoms. The first-order valence-corrected chi connectivity index (χ1v) is 7.37. The molecular formula is C17H18N4O2. The first-order valence-electron chi connectivity index (χ1n) is 7.37. The summed E-state index contributed by atoms with van der Waals surface area (Å²) in [6.45, 7) is 0.576. The van der Waals surface area contributed by atoms with Gasteiger partial charge in [-0.2, -0.15) is 5.10 Å². The third-order valence-electron chi connectivity index (χ3n) is 3.68. The summed E-state index contributed by atoms with van der Waals surface area (Å²) in [4.78, 5) is 16.2. The minimum atomic E-state index is -0.106. The molecule has 0 radical (unpaired) electrons. The molecule has 23 heavy (non-hydrogen) atoms. The zero-order valence-corrected chi connectivity index (χ0v) is 13.1. The van der Waals surface area contributed by atoms with E-state index in [1.165, 1.54) is 0 Å². The smallest absolute Gasteiger partial charge is 0.251 e. The van der Waals surface area contributed by atoms with Gasteiger partial charge in [-0.1, -0.05) is 0 Å². The van der Waals surface area contributed by atoms with Crippen molar-refractivity contribution in [1.29, 1.82) is 0 Å². The Bertz CT molecular complexity index is 827. The quantitative estimate of drug-likeness (QED) is 0.782. The highest BCUT2D eigenvalue weighted by Gasteiger charge is 2.12. The van der Waals surface area contributed by atoms with Crippen LogP contribution in [-0.2, 0) is 13.5 Å². The number of benzene rings is 1. The van der Waals surface area contributed by atoms with Crippen molar-refractivity contribution >= 4 is 16.8 Å². The maximum absolute atomic E-state index is 12.3. The van der Waals surface area contributed by atoms with Crippen LogP contribution in [0.5, 0.6) is 5.88 Å². The number of methoxy groups -OCH3 is 1. The lowest BCUT2D eigenvalue weighted by Crippen LogP contribution is -2.25. The maximum Gasteiger partial charge on any atom is 0.251 e. The zero-order chi connectivity index (χ0) is 16.2. The molecule has 0 unspecified atom stereocenters. The van der Waals surface area contributed by atoms with Gasteiger partial charge in [-0.15, -0.1) is 0 Å². The van der Waals surface area contributed by atoms with E-state index in [0.29, 0.717) is 18.0 Å². The summed E-state index contributed by atoms with van der Waals surface area (Å²) in [7, 11) is 3.42. The van der Waals surface area contributed by atoms with Gasteiger partial charge in [-0.05, 0) is 42.3 Å². The summed E-state index contributed by atoms with van der Waals surface area (Å²) < 4.78 is 6.97. The van der Waals surface area contributed by atoms with Crippen LogP contribution in [0.4, 0.5) is 0 Å². The Kier molecular flexibility index (Phi) is 4.23. The van der Waals surface area contributed by atoms with Gasteiger partial charge < -0.3 is 10.1 Å². The van der Waals surface area contributed by atoms with Gasteiger partial charge in [0.2, 0.25) is 5.88 Å². The number of carbonyl (C=O) groups is 1. The Balaban J connectivity index is 1.69. The molecule has 0 saturated carbocycles. The number of fused-ring (bicyclic) bond motifs is 1. The van der Waals surface area contributed by atoms with Crippen LogP contribution in [0.3, 0.4) is 0 Å². The minimum absolute atomic E-state index is 0.106. The Labute approximate surface area is 134 Å². The molecule has 3 rings (SSSR count). The van der Waals surface area contributed by atoms with E-state index in [1.807, 2.05) is 25.2 Å². The highest BCUT2D eigenvalue weighted by molar-refractivity contribution is 5.98. The molecule has 6 nitrogen and oxygen atoms in total. The Morgan fingerprint density at radius 2 is 2.04 bits per heavy atom. The molecule has 118 valence electrons. The molecule has 3 aromatic rings. The van der Waals surface area contributed by atoms with Crippen LogP contribution in [0.25, 0.3) is 10.9 Å². The summed E-state index contributed by atoms with van der Waals surface area (Å²) in [5, 5.41) is 8.17.